The summed E-state index contributed by atoms with van der Waals surface area (Å²) in [5, 5.41) is 4.30. The summed E-state index contributed by atoms with van der Waals surface area (Å²) >= 11 is 2.12. The van der Waals surface area contributed by atoms with Crippen LogP contribution >= 0.6 is 30.3 Å². The molecule has 106 valence electrons. The number of ether oxygens (including phenoxy) is 1. The fourth-order valence-electron chi connectivity index (χ4n) is 2.19. The monoisotopic (exact) mass is 401 g/mol. The van der Waals surface area contributed by atoms with Crippen molar-refractivity contribution >= 4 is 30.3 Å². The van der Waals surface area contributed by atoms with Crippen LogP contribution in [0.25, 0.3) is 0 Å². The van der Waals surface area contributed by atoms with Crippen LogP contribution in [0.15, 0.2) is 12.4 Å². The van der Waals surface area contributed by atoms with E-state index in [2.05, 4.69) is 26.3 Å². The number of hydrogen-bond donors (Lipinski definition) is 0. The summed E-state index contributed by atoms with van der Waals surface area (Å²) in [5.41, 5.74) is 0.896. The minimum atomic E-state index is -2.45. The van der Waals surface area contributed by atoms with E-state index < -0.39 is 12.5 Å². The van der Waals surface area contributed by atoms with Crippen LogP contribution in [0.1, 0.15) is 30.6 Å². The Morgan fingerprint density at radius 2 is 2.21 bits per heavy atom. The first kappa shape index (κ1) is 14.0. The largest absolute Gasteiger partial charge is 0.361 e. The van der Waals surface area contributed by atoms with Gasteiger partial charge in [0.15, 0.2) is 0 Å². The molecule has 0 N–H and O–H groups in total. The number of aromatic nitrogens is 2. The van der Waals surface area contributed by atoms with Crippen LogP contribution in [0, 0.1) is 0 Å². The molecule has 8 heteroatoms. The lowest BCUT2D eigenvalue weighted by Gasteiger charge is -2.35. The van der Waals surface area contributed by atoms with Crippen LogP contribution in [0.2, 0.25) is 0 Å². The Balaban J connectivity index is 1.73. The molecule has 1 aromatic heterocycles. The zero-order valence-corrected chi connectivity index (χ0v) is 13.1. The van der Waals surface area contributed by atoms with Gasteiger partial charge < -0.3 is 4.74 Å². The summed E-state index contributed by atoms with van der Waals surface area (Å²) in [6, 6.07) is 0.498. The van der Waals surface area contributed by atoms with E-state index in [0.717, 1.165) is 18.4 Å². The number of halogens is 3. The Bertz CT molecular complexity index is 443. The highest BCUT2D eigenvalue weighted by molar-refractivity contribution is 14.2. The lowest BCUT2D eigenvalue weighted by Crippen LogP contribution is -2.43. The molecule has 2 heterocycles. The Morgan fingerprint density at radius 3 is 2.84 bits per heavy atom. The van der Waals surface area contributed by atoms with Crippen LogP contribution in [0.5, 0.6) is 0 Å². The molecule has 1 aliphatic heterocycles. The van der Waals surface area contributed by atoms with Gasteiger partial charge in [-0.2, -0.15) is 5.10 Å². The van der Waals surface area contributed by atoms with Gasteiger partial charge in [-0.1, -0.05) is 0 Å². The fraction of sp³-hybridized carbons (Fsp3) is 0.727. The third-order valence-electron chi connectivity index (χ3n) is 3.38. The summed E-state index contributed by atoms with van der Waals surface area (Å²) in [5.74, 6) is 0. The van der Waals surface area contributed by atoms with Crippen molar-refractivity contribution in [2.45, 2.75) is 37.5 Å². The van der Waals surface area contributed by atoms with Crippen molar-refractivity contribution < 1.29 is 13.5 Å². The van der Waals surface area contributed by atoms with E-state index in [-0.39, 0.29) is 12.6 Å². The summed E-state index contributed by atoms with van der Waals surface area (Å²) < 4.78 is 35.1. The minimum absolute atomic E-state index is 0.262. The van der Waals surface area contributed by atoms with Crippen molar-refractivity contribution in [1.29, 1.82) is 0 Å². The molecule has 1 saturated heterocycles. The maximum absolute atomic E-state index is 12.9. The number of nitrogens with zero attached hydrogens (tertiary/aromatic N) is 3. The number of morpholine rings is 1. The first-order valence-corrected chi connectivity index (χ1v) is 9.50. The second-order valence-corrected chi connectivity index (χ2v) is 6.73. The van der Waals surface area contributed by atoms with E-state index in [1.54, 1.807) is 6.20 Å². The second-order valence-electron chi connectivity index (χ2n) is 4.90. The number of hydrogen-bond acceptors (Lipinski definition) is 4. The molecule has 2 aliphatic rings. The molecule has 2 unspecified atom stereocenters. The molecular weight excluding hydrogens is 387 g/mol. The Hall–Kier alpha value is 0.0700. The maximum atomic E-state index is 12.9. The first-order chi connectivity index (χ1) is 9.17. The van der Waals surface area contributed by atoms with Crippen molar-refractivity contribution in [1.82, 2.24) is 14.1 Å². The average Bonchev–Trinajstić information content (AvgIpc) is 3.15. The van der Waals surface area contributed by atoms with Crippen molar-refractivity contribution in [3.05, 3.63) is 18.0 Å². The van der Waals surface area contributed by atoms with Crippen molar-refractivity contribution in [2.75, 3.05) is 13.1 Å². The van der Waals surface area contributed by atoms with E-state index in [1.807, 2.05) is 15.2 Å². The third-order valence-corrected chi connectivity index (χ3v) is 5.55. The molecular formula is C11H14F2IN3OS. The van der Waals surface area contributed by atoms with Crippen molar-refractivity contribution in [3.8, 4) is 0 Å². The molecule has 1 saturated carbocycles. The molecule has 2 atom stereocenters. The maximum Gasteiger partial charge on any atom is 0.265 e. The van der Waals surface area contributed by atoms with E-state index in [9.17, 15) is 8.78 Å². The summed E-state index contributed by atoms with van der Waals surface area (Å²) in [6.07, 6.45) is 2.20. The van der Waals surface area contributed by atoms with Gasteiger partial charge in [0.2, 0.25) is 0 Å². The van der Waals surface area contributed by atoms with E-state index >= 15 is 0 Å². The lowest BCUT2D eigenvalue weighted by molar-refractivity contribution is -0.126. The predicted octanol–water partition coefficient (Wildman–Crippen LogP) is 3.22. The van der Waals surface area contributed by atoms with Crippen LogP contribution in [-0.4, -0.2) is 39.7 Å². The van der Waals surface area contributed by atoms with Gasteiger partial charge >= 0.3 is 0 Å². The molecule has 4 nitrogen and oxygen atoms in total. The van der Waals surface area contributed by atoms with Crippen LogP contribution in [0.3, 0.4) is 0 Å². The molecule has 1 aromatic rings. The van der Waals surface area contributed by atoms with Crippen molar-refractivity contribution in [2.24, 2.45) is 0 Å². The number of rotatable bonds is 4. The Morgan fingerprint density at radius 1 is 1.42 bits per heavy atom. The fourth-order valence-corrected chi connectivity index (χ4v) is 3.55. The van der Waals surface area contributed by atoms with Gasteiger partial charge in [0, 0.05) is 46.1 Å². The number of alkyl halides is 2. The molecule has 2 fully saturated rings. The van der Waals surface area contributed by atoms with E-state index in [4.69, 9.17) is 4.74 Å². The SMILES string of the molecule is FC(F)C1CN(SI)CC(c2cnn(C3CC3)c2)O1. The normalized spacial score (nSPS) is 29.1. The third kappa shape index (κ3) is 3.22. The predicted molar refractivity (Wildman–Crippen MR) is 77.3 cm³/mol. The zero-order valence-electron chi connectivity index (χ0n) is 10.1. The van der Waals surface area contributed by atoms with Crippen LogP contribution in [-0.2, 0) is 4.74 Å². The summed E-state index contributed by atoms with van der Waals surface area (Å²) in [4.78, 5) is 0. The lowest BCUT2D eigenvalue weighted by atomic mass is 10.1. The van der Waals surface area contributed by atoms with E-state index in [0.29, 0.717) is 12.6 Å². The Labute approximate surface area is 126 Å². The molecule has 0 radical (unpaired) electrons. The molecule has 0 spiro atoms. The van der Waals surface area contributed by atoms with Crippen LogP contribution < -0.4 is 0 Å². The topological polar surface area (TPSA) is 30.3 Å². The average molecular weight is 401 g/mol. The highest BCUT2D eigenvalue weighted by atomic mass is 127. The standard InChI is InChI=1S/C11H14F2IN3OS/c12-11(13)10-6-16(19-14)5-9(18-10)7-3-15-17(4-7)8-1-2-8/h3-4,8-11H,1-2,5-6H2. The summed E-state index contributed by atoms with van der Waals surface area (Å²) in [6.45, 7) is 0.881. The van der Waals surface area contributed by atoms with Gasteiger partial charge in [0.1, 0.15) is 6.10 Å². The van der Waals surface area contributed by atoms with Gasteiger partial charge in [0.05, 0.1) is 18.3 Å². The van der Waals surface area contributed by atoms with Gasteiger partial charge in [-0.3, -0.25) is 4.68 Å². The molecule has 3 rings (SSSR count). The van der Waals surface area contributed by atoms with Crippen molar-refractivity contribution in [3.63, 3.8) is 0 Å². The highest BCUT2D eigenvalue weighted by Crippen LogP contribution is 2.36. The Kier molecular flexibility index (Phi) is 4.30. The van der Waals surface area contributed by atoms with E-state index in [1.165, 1.54) is 9.12 Å². The molecule has 0 aromatic carbocycles. The molecule has 19 heavy (non-hydrogen) atoms. The van der Waals surface area contributed by atoms with Gasteiger partial charge in [0.25, 0.3) is 6.43 Å². The smallest absolute Gasteiger partial charge is 0.265 e. The highest BCUT2D eigenvalue weighted by Gasteiger charge is 2.35. The summed E-state index contributed by atoms with van der Waals surface area (Å²) in [7, 11) is 1.45. The second kappa shape index (κ2) is 5.82. The molecule has 0 amide bonds. The first-order valence-electron chi connectivity index (χ1n) is 6.18. The molecule has 0 bridgehead atoms. The van der Waals surface area contributed by atoms with Gasteiger partial charge in [-0.25, -0.2) is 13.1 Å². The molecule has 1 aliphatic carbocycles. The minimum Gasteiger partial charge on any atom is -0.361 e. The zero-order chi connectivity index (χ0) is 13.4. The quantitative estimate of drug-likeness (QED) is 0.573. The van der Waals surface area contributed by atoms with Crippen LogP contribution in [0.4, 0.5) is 8.78 Å². The van der Waals surface area contributed by atoms with Gasteiger partial charge in [-0.05, 0) is 22.0 Å². The van der Waals surface area contributed by atoms with Gasteiger partial charge in [-0.15, -0.1) is 0 Å².